The number of hydrogen-bond acceptors (Lipinski definition) is 2. The summed E-state index contributed by atoms with van der Waals surface area (Å²) in [4.78, 5) is 4.98. The van der Waals surface area contributed by atoms with Crippen molar-refractivity contribution in [1.29, 1.82) is 0 Å². The summed E-state index contributed by atoms with van der Waals surface area (Å²) < 4.78 is 0. The molecule has 0 heterocycles. The van der Waals surface area contributed by atoms with Gasteiger partial charge in [0.2, 0.25) is 0 Å². The van der Waals surface area contributed by atoms with Gasteiger partial charge in [-0.25, -0.2) is 0 Å². The summed E-state index contributed by atoms with van der Waals surface area (Å²) in [6.45, 7) is 4.80. The van der Waals surface area contributed by atoms with Gasteiger partial charge in [0.25, 0.3) is 0 Å². The molecule has 16 aromatic carbocycles. The minimum Gasteiger partial charge on any atom is -0.310 e. The third kappa shape index (κ3) is 9.78. The second-order valence-corrected chi connectivity index (χ2v) is 26.6. The van der Waals surface area contributed by atoms with Crippen molar-refractivity contribution < 1.29 is 0 Å². The van der Waals surface area contributed by atoms with Gasteiger partial charge in [-0.3, -0.25) is 0 Å². The summed E-state index contributed by atoms with van der Waals surface area (Å²) in [7, 11) is 0. The molecule has 0 radical (unpaired) electrons. The number of nitrogens with zero attached hydrogens (tertiary/aromatic N) is 2. The first kappa shape index (κ1) is 58.2. The lowest BCUT2D eigenvalue weighted by atomic mass is 9.74. The van der Waals surface area contributed by atoms with Gasteiger partial charge in [-0.15, -0.1) is 0 Å². The first-order valence-electron chi connectivity index (χ1n) is 34.1. The van der Waals surface area contributed by atoms with Crippen molar-refractivity contribution in [3.05, 3.63) is 409 Å². The van der Waals surface area contributed by atoms with Crippen LogP contribution in [0.25, 0.3) is 99.4 Å². The van der Waals surface area contributed by atoms with Crippen molar-refractivity contribution in [2.24, 2.45) is 0 Å². The minimum absolute atomic E-state index is 0.340. The number of hydrogen-bond donors (Lipinski definition) is 0. The van der Waals surface area contributed by atoms with Crippen LogP contribution < -0.4 is 9.80 Å². The molecule has 0 saturated carbocycles. The predicted octanol–water partition coefficient (Wildman–Crippen LogP) is 25.9. The molecule has 2 heteroatoms. The zero-order valence-corrected chi connectivity index (χ0v) is 54.7. The maximum absolute atomic E-state index is 2.50. The molecule has 18 rings (SSSR count). The highest BCUT2D eigenvalue weighted by Crippen LogP contribution is 2.59. The Bertz CT molecular complexity index is 5720. The van der Waals surface area contributed by atoms with Gasteiger partial charge in [0.1, 0.15) is 0 Å². The molecule has 2 aliphatic rings. The van der Waals surface area contributed by atoms with Crippen LogP contribution in [-0.2, 0) is 10.8 Å². The van der Waals surface area contributed by atoms with Gasteiger partial charge < -0.3 is 9.80 Å². The third-order valence-corrected chi connectivity index (χ3v) is 21.1. The highest BCUT2D eigenvalue weighted by molar-refractivity contribution is 6.01. The predicted molar refractivity (Wildman–Crippen MR) is 413 cm³/mol. The van der Waals surface area contributed by atoms with Crippen LogP contribution in [0.3, 0.4) is 0 Å². The van der Waals surface area contributed by atoms with E-state index < -0.39 is 0 Å². The molecule has 16 aromatic rings. The summed E-state index contributed by atoms with van der Waals surface area (Å²) in [5.41, 5.74) is 30.5. The Balaban J connectivity index is 0.747. The van der Waals surface area contributed by atoms with E-state index in [0.29, 0.717) is 0 Å². The van der Waals surface area contributed by atoms with Gasteiger partial charge >= 0.3 is 0 Å². The first-order chi connectivity index (χ1) is 48.3. The highest BCUT2D eigenvalue weighted by Gasteiger charge is 2.44. The Kier molecular flexibility index (Phi) is 14.2. The first-order valence-corrected chi connectivity index (χ1v) is 34.1. The Morgan fingerprint density at radius 1 is 0.194 bits per heavy atom. The van der Waals surface area contributed by atoms with Gasteiger partial charge in [0, 0.05) is 44.7 Å². The van der Waals surface area contributed by atoms with E-state index in [1.54, 1.807) is 0 Å². The normalized spacial score (nSPS) is 14.9. The van der Waals surface area contributed by atoms with E-state index in [0.717, 1.165) is 67.3 Å². The number of anilines is 6. The van der Waals surface area contributed by atoms with Crippen molar-refractivity contribution >= 4 is 55.7 Å². The molecule has 0 bridgehead atoms. The summed E-state index contributed by atoms with van der Waals surface area (Å²) >= 11 is 0. The van der Waals surface area contributed by atoms with Gasteiger partial charge in [0.15, 0.2) is 0 Å². The van der Waals surface area contributed by atoms with Crippen molar-refractivity contribution in [3.8, 4) is 77.9 Å². The lowest BCUT2D eigenvalue weighted by Crippen LogP contribution is -2.22. The van der Waals surface area contributed by atoms with Gasteiger partial charge in [-0.2, -0.15) is 0 Å². The molecular formula is C96H68N2. The minimum atomic E-state index is -0.363. The molecule has 0 aromatic heterocycles. The zero-order valence-electron chi connectivity index (χ0n) is 54.7. The summed E-state index contributed by atoms with van der Waals surface area (Å²) in [5.74, 6) is 0. The fourth-order valence-corrected chi connectivity index (χ4v) is 16.2. The van der Waals surface area contributed by atoms with E-state index in [1.165, 1.54) is 99.6 Å². The molecule has 0 amide bonds. The molecule has 462 valence electrons. The van der Waals surface area contributed by atoms with Crippen LogP contribution in [0.1, 0.15) is 47.2 Å². The fourth-order valence-electron chi connectivity index (χ4n) is 16.2. The fraction of sp³-hybridized carbons (Fsp3) is 0.0417. The van der Waals surface area contributed by atoms with Crippen LogP contribution >= 0.6 is 0 Å². The standard InChI is InChI=1S/C96H68N2/c1-95(79-34-11-5-12-35-79)87-41-19-17-39-85(87)93-89(95)43-23-45-91(93)97(83-55-51-67-29-15-16-30-71(67)62-83)81-53-49-68(50-54-81)77-59-76(66-27-9-4-10-28-66)60-78(61-77)74-47-48-75-64-84(56-52-73(75)58-74)98(82-38-22-33-72(63-82)70-32-21-31-69(57-70)65-25-7-3-8-26-65)92-46-24-44-90-94(92)86-40-18-20-42-88(86)96(90,2)80-36-13-6-14-37-80/h3-64H,1-2H3. The molecule has 2 atom stereocenters. The van der Waals surface area contributed by atoms with Crippen molar-refractivity contribution in [1.82, 2.24) is 0 Å². The molecule has 0 aliphatic heterocycles. The quantitative estimate of drug-likeness (QED) is 0.114. The molecule has 0 fully saturated rings. The second-order valence-electron chi connectivity index (χ2n) is 26.6. The van der Waals surface area contributed by atoms with Gasteiger partial charge in [-0.1, -0.05) is 285 Å². The highest BCUT2D eigenvalue weighted by atomic mass is 15.2. The third-order valence-electron chi connectivity index (χ3n) is 21.1. The Hall–Kier alpha value is -12.4. The van der Waals surface area contributed by atoms with Crippen molar-refractivity contribution in [3.63, 3.8) is 0 Å². The van der Waals surface area contributed by atoms with Crippen LogP contribution in [0.5, 0.6) is 0 Å². The zero-order chi connectivity index (χ0) is 65.3. The van der Waals surface area contributed by atoms with E-state index in [4.69, 9.17) is 0 Å². The van der Waals surface area contributed by atoms with Crippen LogP contribution in [0.15, 0.2) is 376 Å². The lowest BCUT2D eigenvalue weighted by molar-refractivity contribution is 0.714. The maximum atomic E-state index is 2.50. The molecule has 2 unspecified atom stereocenters. The van der Waals surface area contributed by atoms with Crippen LogP contribution in [-0.4, -0.2) is 0 Å². The Morgan fingerprint density at radius 3 is 1.09 bits per heavy atom. The van der Waals surface area contributed by atoms with Gasteiger partial charge in [-0.05, 0) is 227 Å². The lowest BCUT2D eigenvalue weighted by Gasteiger charge is -2.31. The SMILES string of the molecule is CC1(c2ccccc2)c2ccccc2-c2c(N(c3ccc(-c4cc(-c5ccccc5)cc(-c5ccc6cc(N(c7cccc(-c8cccc(-c9ccccc9)c8)c7)c7cccc8c7-c7ccccc7C8(C)c7ccccc7)ccc6c5)c4)cc3)c3ccc4ccccc4c3)cccc21. The Morgan fingerprint density at radius 2 is 0.520 bits per heavy atom. The molecular weight excluding hydrogens is 1180 g/mol. The summed E-state index contributed by atoms with van der Waals surface area (Å²) in [5, 5.41) is 4.74. The molecule has 2 nitrogen and oxygen atoms in total. The molecule has 0 N–H and O–H groups in total. The summed E-state index contributed by atoms with van der Waals surface area (Å²) in [6.07, 6.45) is 0. The van der Waals surface area contributed by atoms with E-state index in [9.17, 15) is 0 Å². The Labute approximate surface area is 574 Å². The van der Waals surface area contributed by atoms with E-state index in [1.807, 2.05) is 0 Å². The average Bonchev–Trinajstić information content (AvgIpc) is 1.55. The van der Waals surface area contributed by atoms with E-state index >= 15 is 0 Å². The molecule has 0 spiro atoms. The van der Waals surface area contributed by atoms with Crippen LogP contribution in [0, 0.1) is 0 Å². The maximum Gasteiger partial charge on any atom is 0.0543 e. The monoisotopic (exact) mass is 1250 g/mol. The van der Waals surface area contributed by atoms with Crippen LogP contribution in [0.2, 0.25) is 0 Å². The molecule has 2 aliphatic carbocycles. The molecule has 98 heavy (non-hydrogen) atoms. The second kappa shape index (κ2) is 23.8. The van der Waals surface area contributed by atoms with E-state index in [2.05, 4.69) is 400 Å². The number of fused-ring (bicyclic) bond motifs is 8. The van der Waals surface area contributed by atoms with E-state index in [-0.39, 0.29) is 10.8 Å². The van der Waals surface area contributed by atoms with Crippen molar-refractivity contribution in [2.45, 2.75) is 24.7 Å². The van der Waals surface area contributed by atoms with Crippen molar-refractivity contribution in [2.75, 3.05) is 9.80 Å². The van der Waals surface area contributed by atoms with Gasteiger partial charge in [0.05, 0.1) is 11.4 Å². The number of benzene rings is 16. The molecule has 0 saturated heterocycles. The smallest absolute Gasteiger partial charge is 0.0543 e. The van der Waals surface area contributed by atoms with Crippen LogP contribution in [0.4, 0.5) is 34.1 Å². The topological polar surface area (TPSA) is 6.48 Å². The number of rotatable bonds is 13. The largest absolute Gasteiger partial charge is 0.310 e. The average molecular weight is 1250 g/mol. The summed E-state index contributed by atoms with van der Waals surface area (Å²) in [6, 6.07) is 139.